The Bertz CT molecular complexity index is 1380. The molecule has 0 bridgehead atoms. The minimum Gasteiger partial charge on any atom is -0.395 e. The van der Waals surface area contributed by atoms with Crippen molar-refractivity contribution in [1.29, 1.82) is 0 Å². The number of hydrogen-bond acceptors (Lipinski definition) is 6. The highest BCUT2D eigenvalue weighted by Crippen LogP contribution is 2.31. The predicted molar refractivity (Wildman–Crippen MR) is 179 cm³/mol. The molecule has 2 aliphatic heterocycles. The van der Waals surface area contributed by atoms with Crippen LogP contribution in [0.2, 0.25) is 0 Å². The minimum absolute atomic E-state index is 0.00107. The molecule has 0 unspecified atom stereocenters. The van der Waals surface area contributed by atoms with Gasteiger partial charge in [0.05, 0.1) is 38.6 Å². The largest absolute Gasteiger partial charge is 0.395 e. The number of ether oxygens (including phenoxy) is 3. The van der Waals surface area contributed by atoms with Crippen LogP contribution in [0.5, 0.6) is 0 Å². The second-order valence-electron chi connectivity index (χ2n) is 12.3. The molecule has 4 aromatic carbocycles. The fourth-order valence-corrected chi connectivity index (χ4v) is 6.75. The van der Waals surface area contributed by atoms with Crippen molar-refractivity contribution in [2.24, 2.45) is 5.92 Å². The number of aliphatic hydroxyl groups excluding tert-OH is 1. The van der Waals surface area contributed by atoms with Gasteiger partial charge in [0.2, 0.25) is 0 Å². The standard InChI is InChI=1S/C39H46N2O4/c42-27-36-38(44-29-33-15-7-2-8-16-33)39(45-30-34-17-9-3-10-18-34)37(43-28-32-13-5-1-6-14-32)26-41(36)25-31-21-23-40(24-22-31)35-19-11-4-12-20-35/h1-20,31,36-39,42H,21-30H2/t36-,37+,38-,39-/m1/s1. The van der Waals surface area contributed by atoms with Crippen LogP contribution >= 0.6 is 0 Å². The zero-order chi connectivity index (χ0) is 30.7. The molecule has 0 radical (unpaired) electrons. The first-order chi connectivity index (χ1) is 22.3. The van der Waals surface area contributed by atoms with E-state index in [0.29, 0.717) is 32.3 Å². The molecule has 45 heavy (non-hydrogen) atoms. The minimum atomic E-state index is -0.363. The van der Waals surface area contributed by atoms with Gasteiger partial charge < -0.3 is 24.2 Å². The van der Waals surface area contributed by atoms with E-state index in [1.807, 2.05) is 54.6 Å². The van der Waals surface area contributed by atoms with E-state index in [1.165, 1.54) is 5.69 Å². The van der Waals surface area contributed by atoms with Crippen molar-refractivity contribution in [3.05, 3.63) is 138 Å². The van der Waals surface area contributed by atoms with Gasteiger partial charge in [0.1, 0.15) is 12.2 Å². The van der Waals surface area contributed by atoms with Gasteiger partial charge in [-0.3, -0.25) is 4.90 Å². The molecule has 0 spiro atoms. The third-order valence-corrected chi connectivity index (χ3v) is 9.25. The molecule has 4 aromatic rings. The van der Waals surface area contributed by atoms with Gasteiger partial charge in [0.25, 0.3) is 0 Å². The Morgan fingerprint density at radius 3 is 1.56 bits per heavy atom. The fourth-order valence-electron chi connectivity index (χ4n) is 6.75. The Morgan fingerprint density at radius 1 is 0.578 bits per heavy atom. The van der Waals surface area contributed by atoms with Gasteiger partial charge in [-0.25, -0.2) is 0 Å². The van der Waals surface area contributed by atoms with Crippen LogP contribution in [0.25, 0.3) is 0 Å². The van der Waals surface area contributed by atoms with Crippen molar-refractivity contribution in [2.45, 2.75) is 57.0 Å². The average molecular weight is 607 g/mol. The van der Waals surface area contributed by atoms with Crippen LogP contribution in [0.15, 0.2) is 121 Å². The number of hydrogen-bond donors (Lipinski definition) is 1. The Hall–Kier alpha value is -3.52. The molecule has 2 aliphatic rings. The highest BCUT2D eigenvalue weighted by Gasteiger charge is 2.46. The topological polar surface area (TPSA) is 54.4 Å². The van der Waals surface area contributed by atoms with Crippen molar-refractivity contribution in [2.75, 3.05) is 37.7 Å². The average Bonchev–Trinajstić information content (AvgIpc) is 3.11. The first kappa shape index (κ1) is 31.5. The Balaban J connectivity index is 1.21. The second-order valence-corrected chi connectivity index (χ2v) is 12.3. The molecular formula is C39H46N2O4. The highest BCUT2D eigenvalue weighted by atomic mass is 16.6. The van der Waals surface area contributed by atoms with Gasteiger partial charge in [-0.2, -0.15) is 0 Å². The molecule has 0 amide bonds. The van der Waals surface area contributed by atoms with Crippen LogP contribution < -0.4 is 4.90 Å². The van der Waals surface area contributed by atoms with Crippen molar-refractivity contribution >= 4 is 5.69 Å². The summed E-state index contributed by atoms with van der Waals surface area (Å²) in [6, 6.07) is 41.3. The molecule has 2 saturated heterocycles. The number of anilines is 1. The maximum absolute atomic E-state index is 10.9. The lowest BCUT2D eigenvalue weighted by atomic mass is 9.89. The molecule has 0 aliphatic carbocycles. The smallest absolute Gasteiger partial charge is 0.113 e. The number of aliphatic hydroxyl groups is 1. The normalized spacial score (nSPS) is 22.8. The van der Waals surface area contributed by atoms with E-state index in [2.05, 4.69) is 76.5 Å². The molecule has 4 atom stereocenters. The van der Waals surface area contributed by atoms with Gasteiger partial charge in [-0.15, -0.1) is 0 Å². The summed E-state index contributed by atoms with van der Waals surface area (Å²) in [5.41, 5.74) is 4.63. The van der Waals surface area contributed by atoms with Crippen LogP contribution in [-0.2, 0) is 34.0 Å². The van der Waals surface area contributed by atoms with E-state index in [1.54, 1.807) is 0 Å². The van der Waals surface area contributed by atoms with E-state index in [0.717, 1.165) is 49.2 Å². The summed E-state index contributed by atoms with van der Waals surface area (Å²) in [6.45, 7) is 5.05. The highest BCUT2D eigenvalue weighted by molar-refractivity contribution is 5.46. The molecule has 6 heteroatoms. The summed E-state index contributed by atoms with van der Waals surface area (Å²) < 4.78 is 20.1. The second kappa shape index (κ2) is 16.2. The lowest BCUT2D eigenvalue weighted by Gasteiger charge is -2.49. The monoisotopic (exact) mass is 606 g/mol. The summed E-state index contributed by atoms with van der Waals surface area (Å²) in [5.74, 6) is 0.533. The van der Waals surface area contributed by atoms with Crippen LogP contribution in [0.1, 0.15) is 29.5 Å². The number of para-hydroxylation sites is 1. The van der Waals surface area contributed by atoms with E-state index in [9.17, 15) is 5.11 Å². The van der Waals surface area contributed by atoms with E-state index >= 15 is 0 Å². The molecule has 236 valence electrons. The number of rotatable bonds is 13. The summed E-state index contributed by atoms with van der Waals surface area (Å²) in [6.07, 6.45) is 1.30. The quantitative estimate of drug-likeness (QED) is 0.192. The molecule has 0 saturated carbocycles. The molecular weight excluding hydrogens is 560 g/mol. The molecule has 6 rings (SSSR count). The summed E-state index contributed by atoms with van der Waals surface area (Å²) in [5, 5.41) is 10.9. The van der Waals surface area contributed by atoms with E-state index < -0.39 is 0 Å². The summed E-state index contributed by atoms with van der Waals surface area (Å²) in [4.78, 5) is 4.91. The SMILES string of the molecule is OC[C@@H]1[C@@H](OCc2ccccc2)[C@H](OCc2ccccc2)[C@@H](OCc2ccccc2)CN1CC1CCN(c2ccccc2)CC1. The maximum atomic E-state index is 10.9. The molecule has 6 nitrogen and oxygen atoms in total. The fraction of sp³-hybridized carbons (Fsp3) is 0.385. The van der Waals surface area contributed by atoms with Gasteiger partial charge in [0.15, 0.2) is 0 Å². The van der Waals surface area contributed by atoms with Crippen LogP contribution in [0, 0.1) is 5.92 Å². The third-order valence-electron chi connectivity index (χ3n) is 9.25. The summed E-state index contributed by atoms with van der Waals surface area (Å²) in [7, 11) is 0. The van der Waals surface area contributed by atoms with Gasteiger partial charge in [-0.1, -0.05) is 109 Å². The predicted octanol–water partition coefficient (Wildman–Crippen LogP) is 6.34. The van der Waals surface area contributed by atoms with E-state index in [4.69, 9.17) is 14.2 Å². The summed E-state index contributed by atoms with van der Waals surface area (Å²) >= 11 is 0. The molecule has 2 heterocycles. The molecule has 0 aromatic heterocycles. The lowest BCUT2D eigenvalue weighted by molar-refractivity contribution is -0.209. The zero-order valence-corrected chi connectivity index (χ0v) is 26.1. The van der Waals surface area contributed by atoms with Crippen LogP contribution in [0.4, 0.5) is 5.69 Å². The maximum Gasteiger partial charge on any atom is 0.113 e. The Kier molecular flexibility index (Phi) is 11.3. The van der Waals surface area contributed by atoms with Crippen molar-refractivity contribution in [3.63, 3.8) is 0 Å². The first-order valence-electron chi connectivity index (χ1n) is 16.4. The van der Waals surface area contributed by atoms with Crippen LogP contribution in [-0.4, -0.2) is 67.1 Å². The number of benzene rings is 4. The van der Waals surface area contributed by atoms with Gasteiger partial charge in [-0.05, 0) is 47.6 Å². The molecule has 2 fully saturated rings. The van der Waals surface area contributed by atoms with E-state index in [-0.39, 0.29) is 31.0 Å². The lowest BCUT2D eigenvalue weighted by Crippen LogP contribution is -2.65. The van der Waals surface area contributed by atoms with Gasteiger partial charge in [0, 0.05) is 31.9 Å². The van der Waals surface area contributed by atoms with Crippen molar-refractivity contribution < 1.29 is 19.3 Å². The third kappa shape index (κ3) is 8.60. The van der Waals surface area contributed by atoms with Crippen molar-refractivity contribution in [3.8, 4) is 0 Å². The number of nitrogens with zero attached hydrogens (tertiary/aromatic N) is 2. The number of likely N-dealkylation sites (tertiary alicyclic amines) is 1. The first-order valence-corrected chi connectivity index (χ1v) is 16.4. The Labute approximate surface area is 268 Å². The van der Waals surface area contributed by atoms with Crippen molar-refractivity contribution in [1.82, 2.24) is 4.90 Å². The number of piperidine rings is 2. The Morgan fingerprint density at radius 2 is 1.04 bits per heavy atom. The zero-order valence-electron chi connectivity index (χ0n) is 26.1. The van der Waals surface area contributed by atoms with Crippen LogP contribution in [0.3, 0.4) is 0 Å². The van der Waals surface area contributed by atoms with Gasteiger partial charge >= 0.3 is 0 Å². The molecule has 1 N–H and O–H groups in total.